The van der Waals surface area contributed by atoms with E-state index in [2.05, 4.69) is 5.32 Å². The molecule has 0 saturated heterocycles. The highest BCUT2D eigenvalue weighted by Gasteiger charge is 2.24. The van der Waals surface area contributed by atoms with Crippen LogP contribution in [0.5, 0.6) is 0 Å². The molecule has 0 bridgehead atoms. The van der Waals surface area contributed by atoms with E-state index in [1.165, 1.54) is 14.2 Å². The summed E-state index contributed by atoms with van der Waals surface area (Å²) < 4.78 is 5.25. The molecule has 2 amide bonds. The summed E-state index contributed by atoms with van der Waals surface area (Å²) in [6, 6.07) is 8.49. The molecule has 138 valence electrons. The lowest BCUT2D eigenvalue weighted by molar-refractivity contribution is -0.169. The van der Waals surface area contributed by atoms with Gasteiger partial charge in [-0.1, -0.05) is 30.3 Å². The molecule has 0 radical (unpaired) electrons. The van der Waals surface area contributed by atoms with Gasteiger partial charge in [-0.15, -0.1) is 0 Å². The normalized spacial score (nSPS) is 12.2. The molecular weight excluding hydrogens is 324 g/mol. The number of ether oxygens (including phenoxy) is 1. The minimum Gasteiger partial charge on any atom is -0.444 e. The first-order chi connectivity index (χ1) is 11.6. The second-order valence-electron chi connectivity index (χ2n) is 6.60. The van der Waals surface area contributed by atoms with Gasteiger partial charge in [0.25, 0.3) is 5.91 Å². The molecule has 0 saturated carbocycles. The number of amides is 2. The summed E-state index contributed by atoms with van der Waals surface area (Å²) in [7, 11) is 2.78. The molecule has 0 unspecified atom stereocenters. The van der Waals surface area contributed by atoms with Crippen molar-refractivity contribution in [1.82, 2.24) is 10.4 Å². The summed E-state index contributed by atoms with van der Waals surface area (Å²) in [6.07, 6.45) is -0.939. The second-order valence-corrected chi connectivity index (χ2v) is 6.60. The van der Waals surface area contributed by atoms with E-state index >= 15 is 0 Å². The molecular formula is C18H26N2O5. The van der Waals surface area contributed by atoms with Crippen LogP contribution in [0.25, 0.3) is 0 Å². The number of benzene rings is 1. The monoisotopic (exact) mass is 350 g/mol. The van der Waals surface area contributed by atoms with Crippen LogP contribution in [0, 0.1) is 0 Å². The van der Waals surface area contributed by atoms with Crippen LogP contribution >= 0.6 is 0 Å². The fourth-order valence-corrected chi connectivity index (χ4v) is 2.07. The first-order valence-electron chi connectivity index (χ1n) is 7.99. The van der Waals surface area contributed by atoms with Crippen LogP contribution in [-0.2, 0) is 19.2 Å². The Morgan fingerprint density at radius 1 is 1.16 bits per heavy atom. The number of rotatable bonds is 7. The fourth-order valence-electron chi connectivity index (χ4n) is 2.07. The van der Waals surface area contributed by atoms with Gasteiger partial charge in [-0.05, 0) is 26.3 Å². The summed E-state index contributed by atoms with van der Waals surface area (Å²) >= 11 is 0. The molecule has 0 aliphatic rings. The minimum absolute atomic E-state index is 0.0213. The number of carbonyl (C=O) groups excluding carboxylic acids is 3. The summed E-state index contributed by atoms with van der Waals surface area (Å²) in [5.41, 5.74) is 0.112. The zero-order chi connectivity index (χ0) is 19.0. The molecule has 0 aliphatic heterocycles. The fraction of sp³-hybridized carbons (Fsp3) is 0.500. The summed E-state index contributed by atoms with van der Waals surface area (Å²) in [5, 5.41) is 3.70. The van der Waals surface area contributed by atoms with E-state index in [1.54, 1.807) is 32.9 Å². The van der Waals surface area contributed by atoms with E-state index < -0.39 is 23.6 Å². The van der Waals surface area contributed by atoms with E-state index in [0.29, 0.717) is 0 Å². The van der Waals surface area contributed by atoms with Crippen molar-refractivity contribution in [3.05, 3.63) is 35.9 Å². The molecule has 25 heavy (non-hydrogen) atoms. The molecule has 7 nitrogen and oxygen atoms in total. The number of hydrogen-bond acceptors (Lipinski definition) is 5. The van der Waals surface area contributed by atoms with Gasteiger partial charge in [0.2, 0.25) is 0 Å². The number of ketones is 1. The van der Waals surface area contributed by atoms with E-state index in [9.17, 15) is 14.4 Å². The van der Waals surface area contributed by atoms with Crippen LogP contribution in [-0.4, -0.2) is 42.6 Å². The van der Waals surface area contributed by atoms with Crippen molar-refractivity contribution in [3.8, 4) is 0 Å². The van der Waals surface area contributed by atoms with E-state index in [1.807, 2.05) is 18.2 Å². The number of hydrogen-bond donors (Lipinski definition) is 1. The van der Waals surface area contributed by atoms with Crippen molar-refractivity contribution in [1.29, 1.82) is 0 Å². The molecule has 1 N–H and O–H groups in total. The summed E-state index contributed by atoms with van der Waals surface area (Å²) in [5.74, 6) is -0.754. The SMILES string of the molecule is CON(C)C(=O)CC(=O)C[C@@H](NC(=O)OC(C)(C)C)c1ccccc1. The number of Topliss-reactive ketones (excluding diaryl/α,β-unsaturated/α-hetero) is 1. The van der Waals surface area contributed by atoms with Gasteiger partial charge in [0, 0.05) is 13.5 Å². The standard InChI is InChI=1S/C18H26N2O5/c1-18(2,3)25-17(23)19-15(13-9-7-6-8-10-13)11-14(21)12-16(22)20(4)24-5/h6-10,15H,11-12H2,1-5H3,(H,19,23)/t15-/m1/s1. The van der Waals surface area contributed by atoms with Gasteiger partial charge < -0.3 is 10.1 Å². The van der Waals surface area contributed by atoms with E-state index in [4.69, 9.17) is 9.57 Å². The molecule has 0 heterocycles. The van der Waals surface area contributed by atoms with Crippen LogP contribution in [0.1, 0.15) is 45.2 Å². The molecule has 0 fully saturated rings. The molecule has 1 aromatic rings. The van der Waals surface area contributed by atoms with Crippen LogP contribution < -0.4 is 5.32 Å². The predicted octanol–water partition coefficient (Wildman–Crippen LogP) is 2.62. The molecule has 1 rings (SSSR count). The van der Waals surface area contributed by atoms with Gasteiger partial charge in [0.05, 0.1) is 19.6 Å². The Labute approximate surface area is 148 Å². The van der Waals surface area contributed by atoms with Gasteiger partial charge in [0.15, 0.2) is 0 Å². The third-order valence-electron chi connectivity index (χ3n) is 3.30. The van der Waals surface area contributed by atoms with Crippen LogP contribution in [0.15, 0.2) is 30.3 Å². The van der Waals surface area contributed by atoms with E-state index in [0.717, 1.165) is 10.6 Å². The highest BCUT2D eigenvalue weighted by atomic mass is 16.7. The van der Waals surface area contributed by atoms with Gasteiger partial charge in [-0.2, -0.15) is 0 Å². The quantitative estimate of drug-likeness (QED) is 0.603. The largest absolute Gasteiger partial charge is 0.444 e. The maximum absolute atomic E-state index is 12.2. The first kappa shape index (κ1) is 20.6. The first-order valence-corrected chi connectivity index (χ1v) is 7.99. The Hall–Kier alpha value is -2.41. The van der Waals surface area contributed by atoms with Crippen molar-refractivity contribution in [3.63, 3.8) is 0 Å². The van der Waals surface area contributed by atoms with Crippen molar-refractivity contribution >= 4 is 17.8 Å². The maximum Gasteiger partial charge on any atom is 0.408 e. The lowest BCUT2D eigenvalue weighted by Crippen LogP contribution is -2.36. The highest BCUT2D eigenvalue weighted by molar-refractivity contribution is 5.97. The van der Waals surface area contributed by atoms with Gasteiger partial charge >= 0.3 is 6.09 Å². The number of carbonyl (C=O) groups is 3. The molecule has 1 atom stereocenters. The topological polar surface area (TPSA) is 84.9 Å². The molecule has 0 aromatic heterocycles. The van der Waals surface area contributed by atoms with Crippen LogP contribution in [0.2, 0.25) is 0 Å². The molecule has 1 aromatic carbocycles. The molecule has 7 heteroatoms. The van der Waals surface area contributed by atoms with Crippen LogP contribution in [0.4, 0.5) is 4.79 Å². The third kappa shape index (κ3) is 7.80. The Balaban J connectivity index is 2.80. The molecule has 0 aliphatic carbocycles. The summed E-state index contributed by atoms with van der Waals surface area (Å²) in [4.78, 5) is 40.8. The summed E-state index contributed by atoms with van der Waals surface area (Å²) in [6.45, 7) is 5.28. The third-order valence-corrected chi connectivity index (χ3v) is 3.30. The highest BCUT2D eigenvalue weighted by Crippen LogP contribution is 2.19. The lowest BCUT2D eigenvalue weighted by Gasteiger charge is -2.24. The Morgan fingerprint density at radius 2 is 1.76 bits per heavy atom. The van der Waals surface area contributed by atoms with E-state index in [-0.39, 0.29) is 18.6 Å². The predicted molar refractivity (Wildman–Crippen MR) is 92.6 cm³/mol. The Kier molecular flexibility index (Phi) is 7.57. The number of hydroxylamine groups is 2. The zero-order valence-electron chi connectivity index (χ0n) is 15.4. The number of nitrogens with zero attached hydrogens (tertiary/aromatic N) is 1. The lowest BCUT2D eigenvalue weighted by atomic mass is 10.00. The van der Waals surface area contributed by atoms with Gasteiger partial charge in [-0.3, -0.25) is 14.4 Å². The van der Waals surface area contributed by atoms with Crippen molar-refractivity contribution in [2.45, 2.75) is 45.3 Å². The average molecular weight is 350 g/mol. The number of nitrogens with one attached hydrogen (secondary N) is 1. The Bertz CT molecular complexity index is 595. The van der Waals surface area contributed by atoms with Gasteiger partial charge in [0.1, 0.15) is 11.4 Å². The second kappa shape index (κ2) is 9.17. The van der Waals surface area contributed by atoms with Crippen molar-refractivity contribution in [2.75, 3.05) is 14.2 Å². The smallest absolute Gasteiger partial charge is 0.408 e. The number of alkyl carbamates (subject to hydrolysis) is 1. The minimum atomic E-state index is -0.646. The van der Waals surface area contributed by atoms with Crippen molar-refractivity contribution in [2.24, 2.45) is 0 Å². The average Bonchev–Trinajstić information content (AvgIpc) is 2.52. The van der Waals surface area contributed by atoms with Crippen molar-refractivity contribution < 1.29 is 24.0 Å². The maximum atomic E-state index is 12.2. The van der Waals surface area contributed by atoms with Gasteiger partial charge in [-0.25, -0.2) is 9.86 Å². The Morgan fingerprint density at radius 3 is 2.28 bits per heavy atom. The van der Waals surface area contributed by atoms with Crippen LogP contribution in [0.3, 0.4) is 0 Å². The zero-order valence-corrected chi connectivity index (χ0v) is 15.4. The molecule has 0 spiro atoms.